The molecule has 0 bridgehead atoms. The van der Waals surface area contributed by atoms with E-state index in [-0.39, 0.29) is 22.3 Å². The van der Waals surface area contributed by atoms with Crippen LogP contribution in [0.2, 0.25) is 10.0 Å². The number of anilines is 1. The molecule has 0 aliphatic carbocycles. The van der Waals surface area contributed by atoms with Crippen LogP contribution in [0.4, 0.5) is 5.69 Å². The van der Waals surface area contributed by atoms with Crippen molar-refractivity contribution in [2.45, 2.75) is 46.1 Å². The number of carbonyl (C=O) groups is 1. The second kappa shape index (κ2) is 10.00. The molecule has 4 aromatic rings. The number of ether oxygens (including phenoxy) is 1. The Hall–Kier alpha value is -3.28. The number of benzene rings is 3. The highest BCUT2D eigenvalue weighted by Crippen LogP contribution is 2.34. The third-order valence-corrected chi connectivity index (χ3v) is 6.58. The maximum absolute atomic E-state index is 13.6. The highest BCUT2D eigenvalue weighted by atomic mass is 35.5. The molecule has 0 radical (unpaired) electrons. The van der Waals surface area contributed by atoms with Crippen LogP contribution in [0.1, 0.15) is 38.8 Å². The highest BCUT2D eigenvalue weighted by molar-refractivity contribution is 6.32. The Labute approximate surface area is 220 Å². The van der Waals surface area contributed by atoms with Crippen LogP contribution >= 0.6 is 23.2 Å². The van der Waals surface area contributed by atoms with E-state index in [1.807, 2.05) is 31.2 Å². The monoisotopic (exact) mass is 523 g/mol. The van der Waals surface area contributed by atoms with Crippen molar-refractivity contribution in [2.24, 2.45) is 0 Å². The zero-order valence-corrected chi connectivity index (χ0v) is 22.3. The zero-order valence-electron chi connectivity index (χ0n) is 20.7. The average Bonchev–Trinajstić information content (AvgIpc) is 2.83. The molecule has 1 N–H and O–H groups in total. The van der Waals surface area contributed by atoms with Gasteiger partial charge in [0.15, 0.2) is 11.9 Å². The molecule has 1 amide bonds. The van der Waals surface area contributed by atoms with Crippen molar-refractivity contribution >= 4 is 45.8 Å². The molecular formula is C29H27Cl2NO4. The first-order valence-corrected chi connectivity index (χ1v) is 12.3. The van der Waals surface area contributed by atoms with Crippen LogP contribution in [0.3, 0.4) is 0 Å². The van der Waals surface area contributed by atoms with Gasteiger partial charge in [-0.05, 0) is 66.8 Å². The van der Waals surface area contributed by atoms with Gasteiger partial charge in [-0.1, -0.05) is 68.2 Å². The van der Waals surface area contributed by atoms with Crippen molar-refractivity contribution in [3.63, 3.8) is 0 Å². The van der Waals surface area contributed by atoms with Gasteiger partial charge in [-0.25, -0.2) is 0 Å². The van der Waals surface area contributed by atoms with E-state index in [2.05, 4.69) is 26.1 Å². The van der Waals surface area contributed by atoms with Gasteiger partial charge in [0, 0.05) is 21.3 Å². The molecule has 0 spiro atoms. The van der Waals surface area contributed by atoms with Crippen LogP contribution in [0.15, 0.2) is 69.9 Å². The van der Waals surface area contributed by atoms with Crippen molar-refractivity contribution in [3.8, 4) is 17.1 Å². The van der Waals surface area contributed by atoms with Crippen LogP contribution in [-0.4, -0.2) is 12.0 Å². The van der Waals surface area contributed by atoms with Gasteiger partial charge in [0.1, 0.15) is 5.58 Å². The minimum Gasteiger partial charge on any atom is -0.473 e. The predicted octanol–water partition coefficient (Wildman–Crippen LogP) is 7.78. The number of rotatable bonds is 5. The summed E-state index contributed by atoms with van der Waals surface area (Å²) in [6, 6.07) is 17.8. The van der Waals surface area contributed by atoms with Crippen molar-refractivity contribution in [3.05, 3.63) is 92.1 Å². The fourth-order valence-corrected chi connectivity index (χ4v) is 4.01. The maximum atomic E-state index is 13.6. The molecule has 0 fully saturated rings. The molecule has 36 heavy (non-hydrogen) atoms. The molecule has 3 aromatic carbocycles. The summed E-state index contributed by atoms with van der Waals surface area (Å²) >= 11 is 12.2. The molecule has 0 aliphatic rings. The van der Waals surface area contributed by atoms with E-state index >= 15 is 0 Å². The normalized spacial score (nSPS) is 12.4. The van der Waals surface area contributed by atoms with Gasteiger partial charge in [-0.2, -0.15) is 0 Å². The summed E-state index contributed by atoms with van der Waals surface area (Å²) in [5.41, 5.74) is 3.09. The molecule has 4 rings (SSSR count). The molecule has 0 saturated carbocycles. The van der Waals surface area contributed by atoms with Crippen LogP contribution < -0.4 is 15.5 Å². The van der Waals surface area contributed by atoms with Gasteiger partial charge in [0.2, 0.25) is 11.2 Å². The van der Waals surface area contributed by atoms with E-state index in [9.17, 15) is 9.59 Å². The van der Waals surface area contributed by atoms with Crippen molar-refractivity contribution in [1.82, 2.24) is 0 Å². The van der Waals surface area contributed by atoms with E-state index in [1.165, 1.54) is 0 Å². The minimum atomic E-state index is -0.991. The number of aryl methyl sites for hydroxylation is 1. The van der Waals surface area contributed by atoms with E-state index in [4.69, 9.17) is 32.4 Å². The topological polar surface area (TPSA) is 68.5 Å². The number of fused-ring (bicyclic) bond motifs is 1. The number of hydrogen-bond acceptors (Lipinski definition) is 4. The lowest BCUT2D eigenvalue weighted by molar-refractivity contribution is -0.122. The fourth-order valence-electron chi connectivity index (χ4n) is 3.72. The smallest absolute Gasteiger partial charge is 0.265 e. The molecule has 5 nitrogen and oxygen atoms in total. The first-order valence-electron chi connectivity index (χ1n) is 11.5. The van der Waals surface area contributed by atoms with E-state index in [0.717, 1.165) is 11.1 Å². The standard InChI is InChI=1S/C29H27Cl2NO4/c1-16-14-24-22(15-23(16)31)25(33)27(26(36-24)18-6-8-19(9-7-18)29(3,4)5)35-17(2)28(34)32-21-12-10-20(30)11-13-21/h6-15,17H,1-5H3,(H,32,34). The lowest BCUT2D eigenvalue weighted by atomic mass is 9.86. The largest absolute Gasteiger partial charge is 0.473 e. The second-order valence-corrected chi connectivity index (χ2v) is 10.6. The summed E-state index contributed by atoms with van der Waals surface area (Å²) in [6.07, 6.45) is -0.991. The number of hydrogen-bond donors (Lipinski definition) is 1. The van der Waals surface area contributed by atoms with E-state index in [0.29, 0.717) is 26.9 Å². The third kappa shape index (κ3) is 5.43. The maximum Gasteiger partial charge on any atom is 0.265 e. The highest BCUT2D eigenvalue weighted by Gasteiger charge is 2.24. The fraction of sp³-hybridized carbons (Fsp3) is 0.241. The third-order valence-electron chi connectivity index (χ3n) is 5.92. The summed E-state index contributed by atoms with van der Waals surface area (Å²) in [4.78, 5) is 26.4. The number of carbonyl (C=O) groups excluding carboxylic acids is 1. The molecule has 1 heterocycles. The summed E-state index contributed by atoms with van der Waals surface area (Å²) in [5.74, 6) is -0.224. The first kappa shape index (κ1) is 25.8. The Morgan fingerprint density at radius 3 is 2.25 bits per heavy atom. The summed E-state index contributed by atoms with van der Waals surface area (Å²) in [6.45, 7) is 9.79. The Bertz CT molecular complexity index is 1480. The molecule has 1 atom stereocenters. The Kier molecular flexibility index (Phi) is 7.17. The van der Waals surface area contributed by atoms with Gasteiger partial charge < -0.3 is 14.5 Å². The van der Waals surface area contributed by atoms with E-state index in [1.54, 1.807) is 43.3 Å². The Morgan fingerprint density at radius 2 is 1.64 bits per heavy atom. The molecule has 0 aliphatic heterocycles. The van der Waals surface area contributed by atoms with Gasteiger partial charge in [-0.3, -0.25) is 9.59 Å². The predicted molar refractivity (Wildman–Crippen MR) is 147 cm³/mol. The van der Waals surface area contributed by atoms with Crippen molar-refractivity contribution < 1.29 is 13.9 Å². The van der Waals surface area contributed by atoms with Crippen LogP contribution in [0, 0.1) is 6.92 Å². The second-order valence-electron chi connectivity index (χ2n) is 9.77. The average molecular weight is 524 g/mol. The molecular weight excluding hydrogens is 497 g/mol. The van der Waals surface area contributed by atoms with Crippen LogP contribution in [0.25, 0.3) is 22.3 Å². The Balaban J connectivity index is 1.77. The van der Waals surface area contributed by atoms with Gasteiger partial charge in [0.25, 0.3) is 5.91 Å². The molecule has 1 aromatic heterocycles. The molecule has 0 saturated heterocycles. The van der Waals surface area contributed by atoms with Gasteiger partial charge in [-0.15, -0.1) is 0 Å². The number of amides is 1. The molecule has 7 heteroatoms. The summed E-state index contributed by atoms with van der Waals surface area (Å²) < 4.78 is 12.2. The Morgan fingerprint density at radius 1 is 1.00 bits per heavy atom. The molecule has 1 unspecified atom stereocenters. The van der Waals surface area contributed by atoms with E-state index < -0.39 is 17.4 Å². The zero-order chi connectivity index (χ0) is 26.2. The van der Waals surface area contributed by atoms with Crippen molar-refractivity contribution in [2.75, 3.05) is 5.32 Å². The first-order chi connectivity index (χ1) is 16.9. The number of halogens is 2. The lowest BCUT2D eigenvalue weighted by Gasteiger charge is -2.20. The van der Waals surface area contributed by atoms with Gasteiger partial charge >= 0.3 is 0 Å². The number of nitrogens with one attached hydrogen (secondary N) is 1. The SMILES string of the molecule is Cc1cc2oc(-c3ccc(C(C)(C)C)cc3)c(OC(C)C(=O)Nc3ccc(Cl)cc3)c(=O)c2cc1Cl. The quantitative estimate of drug-likeness (QED) is 0.290. The summed E-state index contributed by atoms with van der Waals surface area (Å²) in [5, 5.41) is 4.05. The molecule has 186 valence electrons. The summed E-state index contributed by atoms with van der Waals surface area (Å²) in [7, 11) is 0. The lowest BCUT2D eigenvalue weighted by Crippen LogP contribution is -2.31. The van der Waals surface area contributed by atoms with Gasteiger partial charge in [0.05, 0.1) is 5.39 Å². The van der Waals surface area contributed by atoms with Crippen LogP contribution in [0.5, 0.6) is 5.75 Å². The van der Waals surface area contributed by atoms with Crippen LogP contribution in [-0.2, 0) is 10.2 Å². The van der Waals surface area contributed by atoms with Crippen molar-refractivity contribution in [1.29, 1.82) is 0 Å². The minimum absolute atomic E-state index is 0.0375.